The van der Waals surface area contributed by atoms with Crippen LogP contribution in [0.4, 0.5) is 0 Å². The van der Waals surface area contributed by atoms with E-state index in [9.17, 15) is 14.7 Å². The highest BCUT2D eigenvalue weighted by atomic mass is 32.1. The zero-order valence-corrected chi connectivity index (χ0v) is 22.5. The number of fused-ring (bicyclic) bond motifs is 2. The number of benzene rings is 3. The third-order valence-electron chi connectivity index (χ3n) is 9.58. The summed E-state index contributed by atoms with van der Waals surface area (Å²) in [5.41, 5.74) is 1.76. The van der Waals surface area contributed by atoms with E-state index < -0.39 is 16.8 Å². The van der Waals surface area contributed by atoms with Crippen LogP contribution in [0.25, 0.3) is 15.7 Å². The van der Waals surface area contributed by atoms with Crippen LogP contribution in [0.2, 0.25) is 0 Å². The van der Waals surface area contributed by atoms with Gasteiger partial charge in [-0.25, -0.2) is 0 Å². The molecule has 1 saturated heterocycles. The Morgan fingerprint density at radius 3 is 2.59 bits per heavy atom. The van der Waals surface area contributed by atoms with Gasteiger partial charge in [0.05, 0.1) is 12.5 Å². The first-order chi connectivity index (χ1) is 18.9. The second-order valence-corrected chi connectivity index (χ2v) is 12.1. The molecule has 2 heterocycles. The summed E-state index contributed by atoms with van der Waals surface area (Å²) in [6, 6.07) is 26.3. The Kier molecular flexibility index (Phi) is 5.30. The van der Waals surface area contributed by atoms with E-state index in [2.05, 4.69) is 43.0 Å². The number of aliphatic carboxylic acids is 1. The van der Waals surface area contributed by atoms with Crippen LogP contribution in [-0.2, 0) is 15.0 Å². The second-order valence-electron chi connectivity index (χ2n) is 11.1. The van der Waals surface area contributed by atoms with E-state index in [1.54, 1.807) is 23.3 Å². The number of hydrogen-bond donors (Lipinski definition) is 1. The molecule has 2 fully saturated rings. The molecule has 1 aliphatic heterocycles. The van der Waals surface area contributed by atoms with Crippen molar-refractivity contribution in [1.29, 1.82) is 0 Å². The lowest BCUT2D eigenvalue weighted by Crippen LogP contribution is -2.60. The summed E-state index contributed by atoms with van der Waals surface area (Å²) in [5, 5.41) is 12.2. The van der Waals surface area contributed by atoms with Crippen molar-refractivity contribution in [2.24, 2.45) is 11.3 Å². The highest BCUT2D eigenvalue weighted by Crippen LogP contribution is 2.69. The van der Waals surface area contributed by atoms with E-state index >= 15 is 0 Å². The van der Waals surface area contributed by atoms with E-state index in [1.165, 1.54) is 20.5 Å². The highest BCUT2D eigenvalue weighted by molar-refractivity contribution is 7.19. The number of methoxy groups -OCH3 is 1. The van der Waals surface area contributed by atoms with Crippen LogP contribution >= 0.6 is 11.3 Å². The molecule has 1 N–H and O–H groups in total. The molecule has 196 valence electrons. The molecule has 1 aromatic heterocycles. The summed E-state index contributed by atoms with van der Waals surface area (Å²) in [6.45, 7) is 4.69. The molecule has 0 spiro atoms. The lowest BCUT2D eigenvalue weighted by atomic mass is 9.43. The Hall–Kier alpha value is -3.90. The molecule has 1 amide bonds. The first kappa shape index (κ1) is 24.2. The summed E-state index contributed by atoms with van der Waals surface area (Å²) >= 11 is 1.76. The van der Waals surface area contributed by atoms with Crippen molar-refractivity contribution in [1.82, 2.24) is 4.90 Å². The Labute approximate surface area is 231 Å². The largest absolute Gasteiger partial charge is 0.496 e. The van der Waals surface area contributed by atoms with Crippen molar-refractivity contribution in [2.75, 3.05) is 20.2 Å². The molecule has 4 atom stereocenters. The molecule has 8 rings (SSSR count). The third kappa shape index (κ3) is 3.12. The molecule has 0 radical (unpaired) electrons. The zero-order valence-electron chi connectivity index (χ0n) is 21.7. The van der Waals surface area contributed by atoms with E-state index in [1.807, 2.05) is 42.5 Å². The van der Waals surface area contributed by atoms with Crippen molar-refractivity contribution in [3.63, 3.8) is 0 Å². The number of carbonyl (C=O) groups is 2. The molecule has 1 saturated carbocycles. The lowest BCUT2D eigenvalue weighted by Gasteiger charge is -2.58. The van der Waals surface area contributed by atoms with Crippen molar-refractivity contribution in [2.45, 2.75) is 24.2 Å². The minimum atomic E-state index is -1.07. The van der Waals surface area contributed by atoms with Crippen LogP contribution in [-0.4, -0.2) is 42.1 Å². The van der Waals surface area contributed by atoms with E-state index in [0.717, 1.165) is 18.4 Å². The Morgan fingerprint density at radius 1 is 1.05 bits per heavy atom. The fraction of sp³-hybridized carbons (Fsp3) is 0.273. The van der Waals surface area contributed by atoms with Crippen LogP contribution in [0, 0.1) is 11.3 Å². The smallest absolute Gasteiger partial charge is 0.312 e. The Bertz CT molecular complexity index is 1640. The van der Waals surface area contributed by atoms with Crippen LogP contribution in [0.1, 0.15) is 40.3 Å². The predicted molar refractivity (Wildman–Crippen MR) is 153 cm³/mol. The summed E-state index contributed by atoms with van der Waals surface area (Å²) in [4.78, 5) is 30.4. The number of carboxylic acids is 1. The second kappa shape index (κ2) is 8.55. The lowest BCUT2D eigenvalue weighted by molar-refractivity contribution is -0.157. The molecule has 4 aliphatic rings. The number of carboxylic acid groups (broad SMARTS) is 1. The summed E-state index contributed by atoms with van der Waals surface area (Å²) in [7, 11) is 1.57. The molecular formula is C33H29NO4S. The molecule has 3 aromatic carbocycles. The fourth-order valence-corrected chi connectivity index (χ4v) is 9.29. The van der Waals surface area contributed by atoms with Crippen LogP contribution in [0.5, 0.6) is 5.75 Å². The first-order valence-corrected chi connectivity index (χ1v) is 14.2. The standard InChI is InChI=1S/C33H29NO4S/c1-20(22-10-5-7-13-26(22)38-2)30(35)34-18-28-32(29-17-21-9-3-8-14-27(21)39-29)16-15-25(33(28,19-34)31(36)37)23-11-4-6-12-24(23)32/h3-14,17,25,28H,1,15-16,18-19H2,2H3,(H,36,37). The fourth-order valence-electron chi connectivity index (χ4n) is 7.94. The number of amides is 1. The number of nitrogens with zero attached hydrogens (tertiary/aromatic N) is 1. The number of hydrogen-bond acceptors (Lipinski definition) is 4. The average molecular weight is 536 g/mol. The summed E-state index contributed by atoms with van der Waals surface area (Å²) in [6.07, 6.45) is 1.65. The van der Waals surface area contributed by atoms with Gasteiger partial charge in [0.15, 0.2) is 0 Å². The number of para-hydroxylation sites is 1. The maximum Gasteiger partial charge on any atom is 0.312 e. The number of carbonyl (C=O) groups excluding carboxylic acids is 1. The van der Waals surface area contributed by atoms with Crippen molar-refractivity contribution >= 4 is 38.9 Å². The van der Waals surface area contributed by atoms with Crippen LogP contribution in [0.15, 0.2) is 85.4 Å². The first-order valence-electron chi connectivity index (χ1n) is 13.3. The van der Waals surface area contributed by atoms with Gasteiger partial charge in [-0.2, -0.15) is 0 Å². The molecular weight excluding hydrogens is 506 g/mol. The maximum absolute atomic E-state index is 14.0. The van der Waals surface area contributed by atoms with Crippen molar-refractivity contribution in [3.8, 4) is 5.75 Å². The number of thiophene rings is 1. The van der Waals surface area contributed by atoms with E-state index in [-0.39, 0.29) is 24.3 Å². The zero-order chi connectivity index (χ0) is 26.9. The van der Waals surface area contributed by atoms with Gasteiger partial charge in [0.25, 0.3) is 5.91 Å². The van der Waals surface area contributed by atoms with E-state index in [0.29, 0.717) is 23.4 Å². The summed E-state index contributed by atoms with van der Waals surface area (Å²) in [5.74, 6) is -0.863. The van der Waals surface area contributed by atoms with Crippen molar-refractivity contribution < 1.29 is 19.4 Å². The van der Waals surface area contributed by atoms with Crippen LogP contribution in [0.3, 0.4) is 0 Å². The molecule has 5 nitrogen and oxygen atoms in total. The Morgan fingerprint density at radius 2 is 1.79 bits per heavy atom. The summed E-state index contributed by atoms with van der Waals surface area (Å²) < 4.78 is 6.69. The van der Waals surface area contributed by atoms with Gasteiger partial charge in [0, 0.05) is 51.1 Å². The number of likely N-dealkylation sites (tertiary alicyclic amines) is 1. The van der Waals surface area contributed by atoms with Gasteiger partial charge in [-0.3, -0.25) is 9.59 Å². The van der Waals surface area contributed by atoms with Gasteiger partial charge in [0.2, 0.25) is 0 Å². The van der Waals surface area contributed by atoms with Crippen LogP contribution < -0.4 is 4.74 Å². The monoisotopic (exact) mass is 535 g/mol. The van der Waals surface area contributed by atoms with Crippen molar-refractivity contribution in [3.05, 3.63) is 107 Å². The maximum atomic E-state index is 14.0. The molecule has 4 aromatic rings. The van der Waals surface area contributed by atoms with Gasteiger partial charge in [0.1, 0.15) is 5.75 Å². The quantitative estimate of drug-likeness (QED) is 0.303. The molecule has 4 unspecified atom stereocenters. The minimum Gasteiger partial charge on any atom is -0.496 e. The number of ether oxygens (including phenoxy) is 1. The minimum absolute atomic E-state index is 0.148. The highest BCUT2D eigenvalue weighted by Gasteiger charge is 2.71. The van der Waals surface area contributed by atoms with Gasteiger partial charge in [-0.1, -0.05) is 67.2 Å². The molecule has 3 aliphatic carbocycles. The number of rotatable bonds is 5. The van der Waals surface area contributed by atoms with Gasteiger partial charge < -0.3 is 14.7 Å². The van der Waals surface area contributed by atoms with Gasteiger partial charge in [-0.15, -0.1) is 11.3 Å². The van der Waals surface area contributed by atoms with Gasteiger partial charge >= 0.3 is 5.97 Å². The van der Waals surface area contributed by atoms with E-state index in [4.69, 9.17) is 4.74 Å². The van der Waals surface area contributed by atoms with Gasteiger partial charge in [-0.05, 0) is 47.6 Å². The average Bonchev–Trinajstić information content (AvgIpc) is 3.61. The third-order valence-corrected chi connectivity index (χ3v) is 10.9. The molecule has 2 bridgehead atoms. The molecule has 39 heavy (non-hydrogen) atoms. The Balaban J connectivity index is 1.39. The normalized spacial score (nSPS) is 26.7. The molecule has 6 heteroatoms. The predicted octanol–water partition coefficient (Wildman–Crippen LogP) is 6.33. The SMILES string of the molecule is C=C(C(=O)N1CC2C3(c4cc5ccccc5s4)CCC(c4ccccc43)C2(C(=O)O)C1)c1ccccc1OC. The topological polar surface area (TPSA) is 66.8 Å².